The molecule has 2 rings (SSSR count). The van der Waals surface area contributed by atoms with E-state index in [4.69, 9.17) is 9.52 Å². The minimum atomic E-state index is -4.21. The lowest BCUT2D eigenvalue weighted by Crippen LogP contribution is -2.32. The second-order valence-electron chi connectivity index (χ2n) is 5.14. The van der Waals surface area contributed by atoms with Crippen LogP contribution in [0.4, 0.5) is 5.69 Å². The molecule has 0 saturated heterocycles. The molecule has 0 atom stereocenters. The standard InChI is InChI=1S/C15H16N2O7S/c18-15(19)8-3-9-16(11-12-5-4-10-24-12)25(22,23)14-7-2-1-6-13(14)17(20)21/h1-2,4-7,10H,3,8-9,11H2,(H,18,19). The summed E-state index contributed by atoms with van der Waals surface area (Å²) in [7, 11) is -4.21. The molecule has 0 saturated carbocycles. The molecule has 1 N–H and O–H groups in total. The first-order chi connectivity index (χ1) is 11.8. The third kappa shape index (κ3) is 4.64. The molecule has 25 heavy (non-hydrogen) atoms. The predicted octanol–water partition coefficient (Wildman–Crippen LogP) is 2.24. The normalized spacial score (nSPS) is 11.6. The molecule has 0 spiro atoms. The molecule has 0 aliphatic rings. The molecule has 0 amide bonds. The van der Waals surface area contributed by atoms with Crippen molar-refractivity contribution in [2.75, 3.05) is 6.54 Å². The van der Waals surface area contributed by atoms with Gasteiger partial charge in [0.05, 0.1) is 17.7 Å². The summed E-state index contributed by atoms with van der Waals surface area (Å²) >= 11 is 0. The fourth-order valence-corrected chi connectivity index (χ4v) is 3.83. The third-order valence-corrected chi connectivity index (χ3v) is 5.28. The second kappa shape index (κ2) is 7.90. The van der Waals surface area contributed by atoms with E-state index in [1.165, 1.54) is 18.4 Å². The van der Waals surface area contributed by atoms with Gasteiger partial charge in [-0.25, -0.2) is 8.42 Å². The Morgan fingerprint density at radius 1 is 1.24 bits per heavy atom. The number of nitro groups is 1. The zero-order valence-corrected chi connectivity index (χ0v) is 13.9. The van der Waals surface area contributed by atoms with Crippen molar-refractivity contribution in [2.45, 2.75) is 24.3 Å². The number of nitrogens with zero attached hydrogens (tertiary/aromatic N) is 2. The van der Waals surface area contributed by atoms with E-state index >= 15 is 0 Å². The van der Waals surface area contributed by atoms with Gasteiger partial charge >= 0.3 is 5.97 Å². The van der Waals surface area contributed by atoms with Crippen molar-refractivity contribution >= 4 is 21.7 Å². The SMILES string of the molecule is O=C(O)CCCN(Cc1ccco1)S(=O)(=O)c1ccccc1[N+](=O)[O-]. The molecule has 0 aliphatic carbocycles. The highest BCUT2D eigenvalue weighted by molar-refractivity contribution is 7.89. The van der Waals surface area contributed by atoms with Gasteiger partial charge in [-0.2, -0.15) is 4.31 Å². The Hall–Kier alpha value is -2.72. The summed E-state index contributed by atoms with van der Waals surface area (Å²) in [5.74, 6) is -0.710. The first-order valence-corrected chi connectivity index (χ1v) is 8.74. The smallest absolute Gasteiger partial charge is 0.303 e. The molecule has 10 heteroatoms. The van der Waals surface area contributed by atoms with E-state index in [0.717, 1.165) is 16.4 Å². The molecular formula is C15H16N2O7S. The molecule has 0 radical (unpaired) electrons. The van der Waals surface area contributed by atoms with Crippen LogP contribution >= 0.6 is 0 Å². The van der Waals surface area contributed by atoms with Crippen LogP contribution in [0, 0.1) is 10.1 Å². The Kier molecular flexibility index (Phi) is 5.88. The van der Waals surface area contributed by atoms with Crippen LogP contribution in [0.15, 0.2) is 52.0 Å². The maximum absolute atomic E-state index is 12.9. The van der Waals surface area contributed by atoms with E-state index < -0.39 is 31.5 Å². The Morgan fingerprint density at radius 3 is 2.56 bits per heavy atom. The van der Waals surface area contributed by atoms with Crippen LogP contribution in [0.3, 0.4) is 0 Å². The number of nitro benzene ring substituents is 1. The molecule has 0 fully saturated rings. The monoisotopic (exact) mass is 368 g/mol. The summed E-state index contributed by atoms with van der Waals surface area (Å²) in [6.07, 6.45) is 1.22. The van der Waals surface area contributed by atoms with Crippen LogP contribution in [-0.2, 0) is 21.4 Å². The summed E-state index contributed by atoms with van der Waals surface area (Å²) in [5, 5.41) is 19.9. The first-order valence-electron chi connectivity index (χ1n) is 7.30. The second-order valence-corrected chi connectivity index (χ2v) is 7.05. The highest BCUT2D eigenvalue weighted by Gasteiger charge is 2.31. The van der Waals surface area contributed by atoms with Gasteiger partial charge in [-0.3, -0.25) is 14.9 Å². The fraction of sp³-hybridized carbons (Fsp3) is 0.267. The van der Waals surface area contributed by atoms with Crippen molar-refractivity contribution in [1.29, 1.82) is 0 Å². The number of hydrogen-bond donors (Lipinski definition) is 1. The molecule has 1 aromatic heterocycles. The molecule has 9 nitrogen and oxygen atoms in total. The number of sulfonamides is 1. The predicted molar refractivity (Wildman–Crippen MR) is 86.3 cm³/mol. The lowest BCUT2D eigenvalue weighted by Gasteiger charge is -2.21. The number of furan rings is 1. The zero-order valence-electron chi connectivity index (χ0n) is 13.1. The van der Waals surface area contributed by atoms with E-state index in [1.54, 1.807) is 12.1 Å². The highest BCUT2D eigenvalue weighted by atomic mass is 32.2. The fourth-order valence-electron chi connectivity index (χ4n) is 2.23. The summed E-state index contributed by atoms with van der Waals surface area (Å²) in [6, 6.07) is 8.18. The third-order valence-electron chi connectivity index (χ3n) is 3.39. The summed E-state index contributed by atoms with van der Waals surface area (Å²) < 4.78 is 31.9. The van der Waals surface area contributed by atoms with Crippen LogP contribution in [-0.4, -0.2) is 35.3 Å². The van der Waals surface area contributed by atoms with Gasteiger partial charge in [-0.1, -0.05) is 12.1 Å². The minimum absolute atomic E-state index is 0.0654. The molecule has 2 aromatic rings. The van der Waals surface area contributed by atoms with E-state index in [9.17, 15) is 23.3 Å². The molecule has 0 unspecified atom stereocenters. The molecule has 1 heterocycles. The van der Waals surface area contributed by atoms with E-state index in [-0.39, 0.29) is 25.9 Å². The van der Waals surface area contributed by atoms with Crippen LogP contribution in [0.25, 0.3) is 0 Å². The van der Waals surface area contributed by atoms with E-state index in [2.05, 4.69) is 0 Å². The van der Waals surface area contributed by atoms with Crippen LogP contribution < -0.4 is 0 Å². The quantitative estimate of drug-likeness (QED) is 0.530. The van der Waals surface area contributed by atoms with E-state index in [1.807, 2.05) is 0 Å². The Bertz CT molecular complexity index is 847. The van der Waals surface area contributed by atoms with Crippen molar-refractivity contribution in [2.24, 2.45) is 0 Å². The Balaban J connectivity index is 2.36. The molecule has 0 aliphatic heterocycles. The summed E-state index contributed by atoms with van der Waals surface area (Å²) in [6.45, 7) is -0.262. The van der Waals surface area contributed by atoms with Gasteiger partial charge in [-0.15, -0.1) is 0 Å². The lowest BCUT2D eigenvalue weighted by atomic mass is 10.3. The average molecular weight is 368 g/mol. The maximum Gasteiger partial charge on any atom is 0.303 e. The molecule has 1 aromatic carbocycles. The number of rotatable bonds is 9. The Morgan fingerprint density at radius 2 is 1.96 bits per heavy atom. The van der Waals surface area contributed by atoms with Gasteiger partial charge in [0.2, 0.25) is 10.0 Å². The van der Waals surface area contributed by atoms with Crippen molar-refractivity contribution in [1.82, 2.24) is 4.31 Å². The van der Waals surface area contributed by atoms with Gasteiger partial charge in [0, 0.05) is 19.0 Å². The van der Waals surface area contributed by atoms with Gasteiger partial charge < -0.3 is 9.52 Å². The van der Waals surface area contributed by atoms with Gasteiger partial charge in [-0.05, 0) is 24.6 Å². The number of hydrogen-bond acceptors (Lipinski definition) is 6. The van der Waals surface area contributed by atoms with Gasteiger partial charge in [0.15, 0.2) is 4.90 Å². The average Bonchev–Trinajstić information content (AvgIpc) is 3.06. The van der Waals surface area contributed by atoms with Crippen molar-refractivity contribution in [3.63, 3.8) is 0 Å². The first kappa shape index (κ1) is 18.6. The van der Waals surface area contributed by atoms with E-state index in [0.29, 0.717) is 5.76 Å². The maximum atomic E-state index is 12.9. The summed E-state index contributed by atoms with van der Waals surface area (Å²) in [5.41, 5.74) is -0.537. The zero-order chi connectivity index (χ0) is 18.4. The van der Waals surface area contributed by atoms with Crippen LogP contribution in [0.5, 0.6) is 0 Å². The van der Waals surface area contributed by atoms with Gasteiger partial charge in [0.25, 0.3) is 5.69 Å². The highest BCUT2D eigenvalue weighted by Crippen LogP contribution is 2.27. The van der Waals surface area contributed by atoms with Crippen molar-refractivity contribution in [3.05, 3.63) is 58.5 Å². The number of carboxylic acids is 1. The Labute approximate surface area is 143 Å². The number of para-hydroxylation sites is 1. The number of carboxylic acid groups (broad SMARTS) is 1. The minimum Gasteiger partial charge on any atom is -0.481 e. The summed E-state index contributed by atoms with van der Waals surface area (Å²) in [4.78, 5) is 20.6. The van der Waals surface area contributed by atoms with Crippen LogP contribution in [0.1, 0.15) is 18.6 Å². The van der Waals surface area contributed by atoms with Crippen LogP contribution in [0.2, 0.25) is 0 Å². The topological polar surface area (TPSA) is 131 Å². The number of benzene rings is 1. The molecule has 0 bridgehead atoms. The number of aliphatic carboxylic acids is 1. The van der Waals surface area contributed by atoms with Crippen molar-refractivity contribution in [3.8, 4) is 0 Å². The molecular weight excluding hydrogens is 352 g/mol. The van der Waals surface area contributed by atoms with Gasteiger partial charge in [0.1, 0.15) is 5.76 Å². The number of carbonyl (C=O) groups is 1. The van der Waals surface area contributed by atoms with Crippen molar-refractivity contribution < 1.29 is 27.7 Å². The lowest BCUT2D eigenvalue weighted by molar-refractivity contribution is -0.387. The largest absolute Gasteiger partial charge is 0.481 e. The molecule has 134 valence electrons.